The van der Waals surface area contributed by atoms with Gasteiger partial charge >= 0.3 is 0 Å². The minimum atomic E-state index is -4.08. The van der Waals surface area contributed by atoms with Crippen LogP contribution < -0.4 is 5.14 Å². The van der Waals surface area contributed by atoms with Gasteiger partial charge in [0.2, 0.25) is 0 Å². The lowest BCUT2D eigenvalue weighted by Crippen LogP contribution is -2.04. The van der Waals surface area contributed by atoms with E-state index in [1.54, 1.807) is 26.0 Å². The van der Waals surface area contributed by atoms with Crippen LogP contribution in [-0.4, -0.2) is 13.0 Å². The molecule has 0 amide bonds. The van der Waals surface area contributed by atoms with Crippen LogP contribution in [0.3, 0.4) is 0 Å². The number of hydrogen-bond donors (Lipinski definition) is 3. The quantitative estimate of drug-likeness (QED) is 0.522. The molecule has 0 unspecified atom stereocenters. The molecule has 1 aromatic rings. The topological polar surface area (TPSA) is 80.4 Å². The number of thiol groups is 1. The summed E-state index contributed by atoms with van der Waals surface area (Å²) in [6.45, 7) is 5.22. The van der Waals surface area contributed by atoms with Gasteiger partial charge in [0.15, 0.2) is 0 Å². The molecule has 0 saturated heterocycles. The number of nitrogens with two attached hydrogens (primary N) is 1. The first-order chi connectivity index (χ1) is 6.82. The highest BCUT2D eigenvalue weighted by Gasteiger charge is 2.15. The Labute approximate surface area is 95.8 Å². The van der Waals surface area contributed by atoms with Gasteiger partial charge in [-0.15, -0.1) is 12.8 Å². The SMILES string of the molecule is Cc1cc(C)c(S(=O)(=O)O)c(C)c1.NS. The van der Waals surface area contributed by atoms with Crippen molar-refractivity contribution >= 4 is 22.9 Å². The summed E-state index contributed by atoms with van der Waals surface area (Å²) < 4.78 is 30.8. The van der Waals surface area contributed by atoms with Crippen molar-refractivity contribution in [2.75, 3.05) is 0 Å². The summed E-state index contributed by atoms with van der Waals surface area (Å²) in [6.07, 6.45) is 0. The van der Waals surface area contributed by atoms with Crippen molar-refractivity contribution in [1.82, 2.24) is 0 Å². The molecule has 6 heteroatoms. The van der Waals surface area contributed by atoms with Gasteiger partial charge in [-0.3, -0.25) is 9.69 Å². The van der Waals surface area contributed by atoms with E-state index < -0.39 is 10.1 Å². The summed E-state index contributed by atoms with van der Waals surface area (Å²) in [7, 11) is -4.08. The van der Waals surface area contributed by atoms with Crippen molar-refractivity contribution in [2.45, 2.75) is 25.7 Å². The highest BCUT2D eigenvalue weighted by Crippen LogP contribution is 2.20. The van der Waals surface area contributed by atoms with Gasteiger partial charge in [0.25, 0.3) is 10.1 Å². The summed E-state index contributed by atoms with van der Waals surface area (Å²) in [4.78, 5) is 0.0260. The third kappa shape index (κ3) is 3.83. The first kappa shape index (κ1) is 14.4. The first-order valence-corrected chi connectivity index (χ1v) is 6.09. The minimum Gasteiger partial charge on any atom is -0.282 e. The fourth-order valence-corrected chi connectivity index (χ4v) is 2.51. The molecule has 0 aliphatic heterocycles. The van der Waals surface area contributed by atoms with Gasteiger partial charge in [-0.2, -0.15) is 8.42 Å². The number of benzene rings is 1. The summed E-state index contributed by atoms with van der Waals surface area (Å²) in [6, 6.07) is 3.46. The maximum absolute atomic E-state index is 10.9. The first-order valence-electron chi connectivity index (χ1n) is 4.13. The lowest BCUT2D eigenvalue weighted by molar-refractivity contribution is 0.482. The predicted octanol–water partition coefficient (Wildman–Crippen LogP) is 1.65. The Bertz CT molecular complexity index is 418. The van der Waals surface area contributed by atoms with E-state index in [9.17, 15) is 8.42 Å². The van der Waals surface area contributed by atoms with Crippen LogP contribution in [0.4, 0.5) is 0 Å². The molecule has 86 valence electrons. The van der Waals surface area contributed by atoms with Crippen LogP contribution in [0, 0.1) is 20.8 Å². The summed E-state index contributed by atoms with van der Waals surface area (Å²) in [5.41, 5.74) is 2.16. The van der Waals surface area contributed by atoms with Crippen LogP contribution in [0.2, 0.25) is 0 Å². The van der Waals surface area contributed by atoms with E-state index in [0.29, 0.717) is 11.1 Å². The molecule has 3 N–H and O–H groups in total. The predicted molar refractivity (Wildman–Crippen MR) is 63.6 cm³/mol. The summed E-state index contributed by atoms with van der Waals surface area (Å²) in [5, 5.41) is 4.19. The second kappa shape index (κ2) is 5.50. The van der Waals surface area contributed by atoms with Crippen molar-refractivity contribution in [2.24, 2.45) is 5.14 Å². The second-order valence-electron chi connectivity index (χ2n) is 3.20. The Balaban J connectivity index is 0.000000921. The molecule has 0 saturated carbocycles. The Morgan fingerprint density at radius 1 is 1.13 bits per heavy atom. The van der Waals surface area contributed by atoms with Crippen molar-refractivity contribution in [3.8, 4) is 0 Å². The maximum atomic E-state index is 10.9. The second-order valence-corrected chi connectivity index (χ2v) is 4.56. The minimum absolute atomic E-state index is 0.0260. The zero-order valence-corrected chi connectivity index (χ0v) is 10.6. The molecule has 0 spiro atoms. The molecule has 0 fully saturated rings. The molecule has 0 heterocycles. The van der Waals surface area contributed by atoms with Gasteiger partial charge in [-0.1, -0.05) is 17.7 Å². The molecule has 0 radical (unpaired) electrons. The van der Waals surface area contributed by atoms with Gasteiger partial charge < -0.3 is 0 Å². The molecule has 1 rings (SSSR count). The molecule has 1 aromatic carbocycles. The molecule has 0 aromatic heterocycles. The average Bonchev–Trinajstić information content (AvgIpc) is 2.02. The zero-order chi connectivity index (χ0) is 12.2. The maximum Gasteiger partial charge on any atom is 0.295 e. The van der Waals surface area contributed by atoms with Crippen molar-refractivity contribution in [1.29, 1.82) is 0 Å². The van der Waals surface area contributed by atoms with E-state index in [4.69, 9.17) is 4.55 Å². The van der Waals surface area contributed by atoms with Crippen LogP contribution in [0.15, 0.2) is 17.0 Å². The van der Waals surface area contributed by atoms with E-state index in [2.05, 4.69) is 18.0 Å². The smallest absolute Gasteiger partial charge is 0.282 e. The standard InChI is InChI=1S/C9H12O3S.H3NS/c1-6-4-7(2)9(8(3)5-6)13(10,11)12;1-2/h4-5H,1-3H3,(H,10,11,12);2H,1H2. The average molecular weight is 249 g/mol. The third-order valence-electron chi connectivity index (χ3n) is 1.86. The Kier molecular flexibility index (Phi) is 5.30. The van der Waals surface area contributed by atoms with E-state index in [0.717, 1.165) is 5.56 Å². The van der Waals surface area contributed by atoms with Crippen LogP contribution >= 0.6 is 12.8 Å². The highest BCUT2D eigenvalue weighted by molar-refractivity contribution is 7.86. The van der Waals surface area contributed by atoms with Gasteiger partial charge in [0, 0.05) is 0 Å². The Morgan fingerprint density at radius 2 is 1.47 bits per heavy atom. The monoisotopic (exact) mass is 249 g/mol. The molecular weight excluding hydrogens is 234 g/mol. The third-order valence-corrected chi connectivity index (χ3v) is 3.02. The fourth-order valence-electron chi connectivity index (χ4n) is 1.57. The molecule has 0 aliphatic carbocycles. The molecule has 0 aliphatic rings. The molecule has 0 atom stereocenters. The van der Waals surface area contributed by atoms with Crippen molar-refractivity contribution in [3.05, 3.63) is 28.8 Å². The van der Waals surface area contributed by atoms with E-state index in [1.807, 2.05) is 6.92 Å². The van der Waals surface area contributed by atoms with Crippen molar-refractivity contribution in [3.63, 3.8) is 0 Å². The highest BCUT2D eigenvalue weighted by atomic mass is 32.2. The number of rotatable bonds is 1. The van der Waals surface area contributed by atoms with Crippen LogP contribution in [-0.2, 0) is 10.1 Å². The van der Waals surface area contributed by atoms with E-state index in [-0.39, 0.29) is 4.90 Å². The normalized spacial score (nSPS) is 10.5. The van der Waals surface area contributed by atoms with E-state index >= 15 is 0 Å². The van der Waals surface area contributed by atoms with Crippen LogP contribution in [0.5, 0.6) is 0 Å². The zero-order valence-electron chi connectivity index (χ0n) is 8.85. The Hall–Kier alpha value is -0.560. The summed E-state index contributed by atoms with van der Waals surface area (Å²) >= 11 is 3.03. The van der Waals surface area contributed by atoms with Crippen LogP contribution in [0.25, 0.3) is 0 Å². The van der Waals surface area contributed by atoms with Gasteiger partial charge in [0.05, 0.1) is 4.90 Å². The van der Waals surface area contributed by atoms with Crippen LogP contribution in [0.1, 0.15) is 16.7 Å². The number of aryl methyl sites for hydroxylation is 3. The number of hydrogen-bond acceptors (Lipinski definition) is 4. The lowest BCUT2D eigenvalue weighted by Gasteiger charge is -2.07. The van der Waals surface area contributed by atoms with E-state index in [1.165, 1.54) is 0 Å². The largest absolute Gasteiger partial charge is 0.295 e. The molecular formula is C9H15NO3S2. The summed E-state index contributed by atoms with van der Waals surface area (Å²) in [5.74, 6) is 0. The van der Waals surface area contributed by atoms with Gasteiger partial charge in [-0.05, 0) is 31.9 Å². The van der Waals surface area contributed by atoms with Gasteiger partial charge in [-0.25, -0.2) is 0 Å². The molecule has 15 heavy (non-hydrogen) atoms. The fraction of sp³-hybridized carbons (Fsp3) is 0.333. The molecule has 0 bridgehead atoms. The van der Waals surface area contributed by atoms with Crippen molar-refractivity contribution < 1.29 is 13.0 Å². The van der Waals surface area contributed by atoms with Gasteiger partial charge in [0.1, 0.15) is 0 Å². The lowest BCUT2D eigenvalue weighted by atomic mass is 10.1. The molecule has 4 nitrogen and oxygen atoms in total. The Morgan fingerprint density at radius 3 is 1.73 bits per heavy atom.